The number of nitro benzene ring substituents is 1. The third-order valence-electron chi connectivity index (χ3n) is 5.26. The van der Waals surface area contributed by atoms with Crippen LogP contribution in [0.3, 0.4) is 0 Å². The fourth-order valence-electron chi connectivity index (χ4n) is 3.48. The van der Waals surface area contributed by atoms with Crippen molar-refractivity contribution >= 4 is 28.7 Å². The Bertz CT molecular complexity index is 919. The van der Waals surface area contributed by atoms with Crippen LogP contribution in [0.25, 0.3) is 0 Å². The molecule has 0 saturated carbocycles. The Labute approximate surface area is 183 Å². The zero-order valence-corrected chi connectivity index (χ0v) is 18.6. The third-order valence-corrected chi connectivity index (χ3v) is 5.26. The average Bonchev–Trinajstić information content (AvgIpc) is 2.75. The SMILES string of the molecule is CCN(c1ccccc1)c1ccc([N+](=O)[O-])c(N2CCN(OC(=O)C(C)(C)C)CC2)c1. The number of nitro groups is 1. The molecule has 0 aromatic heterocycles. The second-order valence-corrected chi connectivity index (χ2v) is 8.55. The van der Waals surface area contributed by atoms with Crippen LogP contribution < -0.4 is 9.80 Å². The van der Waals surface area contributed by atoms with Gasteiger partial charge >= 0.3 is 5.97 Å². The summed E-state index contributed by atoms with van der Waals surface area (Å²) >= 11 is 0. The molecule has 2 aromatic carbocycles. The normalized spacial score (nSPS) is 14.9. The van der Waals surface area contributed by atoms with Gasteiger partial charge in [0.1, 0.15) is 5.69 Å². The van der Waals surface area contributed by atoms with Gasteiger partial charge in [-0.2, -0.15) is 0 Å². The molecule has 2 aromatic rings. The van der Waals surface area contributed by atoms with Crippen molar-refractivity contribution in [2.45, 2.75) is 27.7 Å². The topological polar surface area (TPSA) is 79.2 Å². The molecular weight excluding hydrogens is 396 g/mol. The van der Waals surface area contributed by atoms with Crippen LogP contribution in [0, 0.1) is 15.5 Å². The number of piperazine rings is 1. The minimum absolute atomic E-state index is 0.0769. The fraction of sp³-hybridized carbons (Fsp3) is 0.435. The van der Waals surface area contributed by atoms with Gasteiger partial charge < -0.3 is 14.6 Å². The van der Waals surface area contributed by atoms with Gasteiger partial charge in [-0.25, -0.2) is 4.79 Å². The Morgan fingerprint density at radius 3 is 2.26 bits per heavy atom. The number of hydrogen-bond donors (Lipinski definition) is 0. The Morgan fingerprint density at radius 2 is 1.71 bits per heavy atom. The fourth-order valence-corrected chi connectivity index (χ4v) is 3.48. The van der Waals surface area contributed by atoms with E-state index >= 15 is 0 Å². The van der Waals surface area contributed by atoms with E-state index in [0.29, 0.717) is 31.9 Å². The van der Waals surface area contributed by atoms with Crippen LogP contribution in [0.4, 0.5) is 22.7 Å². The Balaban J connectivity index is 1.81. The summed E-state index contributed by atoms with van der Waals surface area (Å²) in [6, 6.07) is 15.2. The van der Waals surface area contributed by atoms with E-state index in [1.54, 1.807) is 17.2 Å². The molecule has 0 N–H and O–H groups in total. The van der Waals surface area contributed by atoms with Crippen molar-refractivity contribution in [1.29, 1.82) is 0 Å². The molecule has 0 bridgehead atoms. The molecular formula is C23H30N4O4. The number of benzene rings is 2. The number of para-hydroxylation sites is 1. The molecule has 0 aliphatic carbocycles. The molecule has 3 rings (SSSR count). The number of hydroxylamine groups is 2. The maximum absolute atomic E-state index is 12.1. The number of rotatable bonds is 6. The summed E-state index contributed by atoms with van der Waals surface area (Å²) in [6.45, 7) is 10.2. The van der Waals surface area contributed by atoms with Crippen molar-refractivity contribution < 1.29 is 14.6 Å². The molecule has 0 amide bonds. The number of carbonyl (C=O) groups is 1. The van der Waals surface area contributed by atoms with E-state index < -0.39 is 5.41 Å². The van der Waals surface area contributed by atoms with E-state index in [4.69, 9.17) is 4.84 Å². The first-order chi connectivity index (χ1) is 14.7. The van der Waals surface area contributed by atoms with E-state index in [-0.39, 0.29) is 16.6 Å². The van der Waals surface area contributed by atoms with Crippen LogP contribution in [0.15, 0.2) is 48.5 Å². The van der Waals surface area contributed by atoms with Gasteiger partial charge in [0.15, 0.2) is 0 Å². The molecule has 0 spiro atoms. The molecule has 166 valence electrons. The van der Waals surface area contributed by atoms with Gasteiger partial charge in [-0.1, -0.05) is 18.2 Å². The number of anilines is 3. The lowest BCUT2D eigenvalue weighted by Crippen LogP contribution is -2.48. The van der Waals surface area contributed by atoms with E-state index in [2.05, 4.69) is 11.8 Å². The lowest BCUT2D eigenvalue weighted by molar-refractivity contribution is -0.384. The van der Waals surface area contributed by atoms with Gasteiger partial charge in [0.25, 0.3) is 5.69 Å². The van der Waals surface area contributed by atoms with Crippen LogP contribution in [-0.2, 0) is 9.63 Å². The van der Waals surface area contributed by atoms with Crippen molar-refractivity contribution in [3.05, 3.63) is 58.6 Å². The molecule has 1 saturated heterocycles. The summed E-state index contributed by atoms with van der Waals surface area (Å²) in [4.78, 5) is 33.1. The highest BCUT2D eigenvalue weighted by Crippen LogP contribution is 2.35. The zero-order valence-electron chi connectivity index (χ0n) is 18.6. The maximum Gasteiger partial charge on any atom is 0.330 e. The minimum atomic E-state index is -0.578. The van der Waals surface area contributed by atoms with E-state index in [9.17, 15) is 14.9 Å². The van der Waals surface area contributed by atoms with E-state index in [1.807, 2.05) is 62.1 Å². The van der Waals surface area contributed by atoms with Gasteiger partial charge in [0.2, 0.25) is 0 Å². The molecule has 1 aliphatic rings. The van der Waals surface area contributed by atoms with Crippen LogP contribution in [-0.4, -0.2) is 48.7 Å². The van der Waals surface area contributed by atoms with Crippen LogP contribution in [0.5, 0.6) is 0 Å². The first kappa shape index (κ1) is 22.6. The summed E-state index contributed by atoms with van der Waals surface area (Å²) in [5.41, 5.74) is 2.01. The van der Waals surface area contributed by atoms with Crippen molar-refractivity contribution in [3.63, 3.8) is 0 Å². The highest BCUT2D eigenvalue weighted by Gasteiger charge is 2.30. The Kier molecular flexibility index (Phi) is 6.80. The summed E-state index contributed by atoms with van der Waals surface area (Å²) in [6.07, 6.45) is 0. The van der Waals surface area contributed by atoms with Gasteiger partial charge in [-0.05, 0) is 52.0 Å². The predicted octanol–water partition coefficient (Wildman–Crippen LogP) is 4.38. The summed E-state index contributed by atoms with van der Waals surface area (Å²) in [5.74, 6) is -0.282. The Hall–Kier alpha value is -3.13. The number of carbonyl (C=O) groups excluding carboxylic acids is 1. The monoisotopic (exact) mass is 426 g/mol. The van der Waals surface area contributed by atoms with Gasteiger partial charge in [0, 0.05) is 37.1 Å². The van der Waals surface area contributed by atoms with E-state index in [0.717, 1.165) is 17.9 Å². The minimum Gasteiger partial charge on any atom is -0.367 e. The summed E-state index contributed by atoms with van der Waals surface area (Å²) < 4.78 is 0. The molecule has 31 heavy (non-hydrogen) atoms. The first-order valence-electron chi connectivity index (χ1n) is 10.5. The van der Waals surface area contributed by atoms with Crippen molar-refractivity contribution in [2.75, 3.05) is 42.5 Å². The maximum atomic E-state index is 12.1. The molecule has 0 atom stereocenters. The zero-order chi connectivity index (χ0) is 22.6. The van der Waals surface area contributed by atoms with Crippen LogP contribution in [0.1, 0.15) is 27.7 Å². The van der Waals surface area contributed by atoms with Gasteiger partial charge in [-0.15, -0.1) is 5.06 Å². The standard InChI is InChI=1S/C23H30N4O4/c1-5-26(18-9-7-6-8-10-18)19-11-12-20(27(29)30)21(17-19)24-13-15-25(16-14-24)31-22(28)23(2,3)4/h6-12,17H,5,13-16H2,1-4H3. The first-order valence-corrected chi connectivity index (χ1v) is 10.5. The number of hydrogen-bond acceptors (Lipinski definition) is 7. The summed E-state index contributed by atoms with van der Waals surface area (Å²) in [5, 5.41) is 13.3. The highest BCUT2D eigenvalue weighted by molar-refractivity contribution is 5.75. The molecule has 8 nitrogen and oxygen atoms in total. The van der Waals surface area contributed by atoms with Gasteiger partial charge in [-0.3, -0.25) is 10.1 Å². The predicted molar refractivity (Wildman–Crippen MR) is 122 cm³/mol. The molecule has 0 unspecified atom stereocenters. The third kappa shape index (κ3) is 5.32. The molecule has 1 aliphatic heterocycles. The lowest BCUT2D eigenvalue weighted by Gasteiger charge is -2.36. The van der Waals surface area contributed by atoms with Gasteiger partial charge in [0.05, 0.1) is 23.4 Å². The average molecular weight is 427 g/mol. The van der Waals surface area contributed by atoms with Crippen LogP contribution >= 0.6 is 0 Å². The molecule has 1 fully saturated rings. The highest BCUT2D eigenvalue weighted by atomic mass is 16.7. The van der Waals surface area contributed by atoms with Crippen LogP contribution in [0.2, 0.25) is 0 Å². The largest absolute Gasteiger partial charge is 0.367 e. The van der Waals surface area contributed by atoms with E-state index in [1.165, 1.54) is 0 Å². The number of nitrogens with zero attached hydrogens (tertiary/aromatic N) is 4. The molecule has 8 heteroatoms. The van der Waals surface area contributed by atoms with Crippen molar-refractivity contribution in [2.24, 2.45) is 5.41 Å². The van der Waals surface area contributed by atoms with Crippen molar-refractivity contribution in [1.82, 2.24) is 5.06 Å². The molecule has 1 heterocycles. The smallest absolute Gasteiger partial charge is 0.330 e. The quantitative estimate of drug-likeness (QED) is 0.501. The van der Waals surface area contributed by atoms with Crippen molar-refractivity contribution in [3.8, 4) is 0 Å². The lowest BCUT2D eigenvalue weighted by atomic mass is 9.98. The molecule has 0 radical (unpaired) electrons. The second kappa shape index (κ2) is 9.34. The Morgan fingerprint density at radius 1 is 1.06 bits per heavy atom. The summed E-state index contributed by atoms with van der Waals surface area (Å²) in [7, 11) is 0. The second-order valence-electron chi connectivity index (χ2n) is 8.55.